The Morgan fingerprint density at radius 2 is 1.75 bits per heavy atom. The number of hydrogen-bond donors (Lipinski definition) is 2. The Labute approximate surface area is 230 Å². The Morgan fingerprint density at radius 1 is 1.02 bits per heavy atom. The third-order valence-corrected chi connectivity index (χ3v) is 9.98. The number of carbonyl (C=O) groups is 1. The lowest BCUT2D eigenvalue weighted by Gasteiger charge is -2.46. The fourth-order valence-electron chi connectivity index (χ4n) is 7.58. The van der Waals surface area contributed by atoms with E-state index < -0.39 is 35.6 Å². The van der Waals surface area contributed by atoms with Crippen LogP contribution in [-0.2, 0) is 11.0 Å². The Morgan fingerprint density at radius 3 is 2.35 bits per heavy atom. The van der Waals surface area contributed by atoms with Gasteiger partial charge in [0.05, 0.1) is 30.0 Å². The van der Waals surface area contributed by atoms with E-state index in [0.717, 1.165) is 42.8 Å². The number of nitrogens with zero attached hydrogens (tertiary/aromatic N) is 4. The second-order valence-corrected chi connectivity index (χ2v) is 12.3. The van der Waals surface area contributed by atoms with Gasteiger partial charge in [-0.15, -0.1) is 0 Å². The number of pyridine rings is 1. The molecule has 0 bridgehead atoms. The summed E-state index contributed by atoms with van der Waals surface area (Å²) in [5, 5.41) is 0. The van der Waals surface area contributed by atoms with Crippen LogP contribution in [0.4, 0.5) is 17.6 Å². The first-order valence-corrected chi connectivity index (χ1v) is 14.5. The minimum atomic E-state index is -4.70. The molecule has 0 aromatic carbocycles. The van der Waals surface area contributed by atoms with Crippen LogP contribution in [0.25, 0.3) is 5.52 Å². The third-order valence-electron chi connectivity index (χ3n) is 9.98. The summed E-state index contributed by atoms with van der Waals surface area (Å²) in [5.41, 5.74) is 5.23. The zero-order valence-corrected chi connectivity index (χ0v) is 23.0. The number of amides is 1. The van der Waals surface area contributed by atoms with E-state index in [9.17, 15) is 27.2 Å². The number of carbonyl (C=O) groups excluding carboxylic acids is 1. The predicted octanol–water partition coefficient (Wildman–Crippen LogP) is 4.22. The fraction of sp³-hybridized carbons (Fsp3) is 0.714. The quantitative estimate of drug-likeness (QED) is 0.513. The van der Waals surface area contributed by atoms with Crippen molar-refractivity contribution >= 4 is 11.4 Å². The summed E-state index contributed by atoms with van der Waals surface area (Å²) in [6.45, 7) is 2.46. The molecule has 6 atom stereocenters. The molecule has 3 unspecified atom stereocenters. The van der Waals surface area contributed by atoms with Crippen LogP contribution in [0.2, 0.25) is 0 Å². The number of imidazole rings is 1. The largest absolute Gasteiger partial charge is 0.418 e. The molecule has 4 fully saturated rings. The van der Waals surface area contributed by atoms with E-state index in [4.69, 9.17) is 0 Å². The number of fused-ring (bicyclic) bond motifs is 1. The van der Waals surface area contributed by atoms with Gasteiger partial charge >= 0.3 is 11.9 Å². The SMILES string of the molecule is C[C@@H](c1cc(C(F)(F)F)c2cn(C3CCCC([C@@H](C4CCC4)C4NNCN4C)C3)c(=O)n2c1)N1CC[C@H](F)C1=O. The first-order chi connectivity index (χ1) is 19.0. The summed E-state index contributed by atoms with van der Waals surface area (Å²) in [6.07, 6.45) is 3.66. The highest BCUT2D eigenvalue weighted by molar-refractivity contribution is 5.83. The van der Waals surface area contributed by atoms with Crippen molar-refractivity contribution in [2.24, 2.45) is 17.8 Å². The Balaban J connectivity index is 1.34. The number of aromatic nitrogens is 2. The van der Waals surface area contributed by atoms with Crippen molar-refractivity contribution in [2.75, 3.05) is 20.3 Å². The first-order valence-electron chi connectivity index (χ1n) is 14.5. The summed E-state index contributed by atoms with van der Waals surface area (Å²) >= 11 is 0. The number of likely N-dealkylation sites (tertiary alicyclic amines) is 1. The average Bonchev–Trinajstić information content (AvgIpc) is 3.57. The highest BCUT2D eigenvalue weighted by atomic mass is 19.4. The number of hydrogen-bond acceptors (Lipinski definition) is 5. The van der Waals surface area contributed by atoms with E-state index in [-0.39, 0.29) is 36.3 Å². The minimum absolute atomic E-state index is 0.0147. The topological polar surface area (TPSA) is 74.0 Å². The van der Waals surface area contributed by atoms with Gasteiger partial charge in [0.2, 0.25) is 0 Å². The normalized spacial score (nSPS) is 30.2. The maximum absolute atomic E-state index is 14.3. The molecule has 40 heavy (non-hydrogen) atoms. The average molecular weight is 567 g/mol. The van der Waals surface area contributed by atoms with E-state index in [1.165, 1.54) is 41.1 Å². The van der Waals surface area contributed by atoms with Crippen LogP contribution >= 0.6 is 0 Å². The lowest BCUT2D eigenvalue weighted by atomic mass is 9.65. The van der Waals surface area contributed by atoms with Gasteiger partial charge in [-0.25, -0.2) is 20.0 Å². The van der Waals surface area contributed by atoms with Gasteiger partial charge in [-0.1, -0.05) is 25.7 Å². The Hall–Kier alpha value is -2.44. The number of halogens is 4. The van der Waals surface area contributed by atoms with E-state index in [1.54, 1.807) is 6.92 Å². The van der Waals surface area contributed by atoms with E-state index >= 15 is 0 Å². The molecule has 2 aliphatic carbocycles. The van der Waals surface area contributed by atoms with E-state index in [1.807, 2.05) is 0 Å². The molecule has 12 heteroatoms. The van der Waals surface area contributed by atoms with Gasteiger partial charge in [0.25, 0.3) is 5.91 Å². The maximum Gasteiger partial charge on any atom is 0.418 e. The van der Waals surface area contributed by atoms with Crippen molar-refractivity contribution in [3.05, 3.63) is 40.1 Å². The molecule has 2 aromatic rings. The molecule has 1 amide bonds. The molecule has 4 aliphatic rings. The van der Waals surface area contributed by atoms with Gasteiger partial charge in [-0.3, -0.25) is 18.7 Å². The van der Waals surface area contributed by atoms with Crippen LogP contribution in [0.1, 0.15) is 81.5 Å². The van der Waals surface area contributed by atoms with Gasteiger partial charge in [0.15, 0.2) is 6.17 Å². The summed E-state index contributed by atoms with van der Waals surface area (Å²) in [6, 6.07) is 0.0247. The second kappa shape index (κ2) is 10.4. The first kappa shape index (κ1) is 27.7. The molecular weight excluding hydrogens is 528 g/mol. The molecule has 2 N–H and O–H groups in total. The number of nitrogens with one attached hydrogen (secondary N) is 2. The summed E-state index contributed by atoms with van der Waals surface area (Å²) in [7, 11) is 2.09. The Kier molecular flexibility index (Phi) is 7.23. The van der Waals surface area contributed by atoms with Crippen molar-refractivity contribution in [1.82, 2.24) is 29.6 Å². The number of alkyl halides is 4. The van der Waals surface area contributed by atoms with Crippen LogP contribution in [0.5, 0.6) is 0 Å². The Bertz CT molecular complexity index is 1320. The van der Waals surface area contributed by atoms with Gasteiger partial charge < -0.3 is 4.90 Å². The van der Waals surface area contributed by atoms with Gasteiger partial charge in [-0.05, 0) is 62.6 Å². The van der Waals surface area contributed by atoms with Crippen LogP contribution in [0.15, 0.2) is 23.3 Å². The summed E-state index contributed by atoms with van der Waals surface area (Å²) in [4.78, 5) is 29.5. The smallest absolute Gasteiger partial charge is 0.333 e. The standard InChI is InChI=1S/C28H38F4N6O2/c1-16(36-10-9-22(29)26(36)39)19-12-21(28(30,31)32)23-14-37(27(40)38(23)13-19)20-8-4-7-18(11-20)24(17-5-3-6-17)25-34-33-15-35(25)2/h12-14,16-18,20,22,24-25,33-34H,3-11,15H2,1-2H3/t16-,18?,20?,22-,24+,25?/m0/s1. The van der Waals surface area contributed by atoms with Gasteiger partial charge in [0, 0.05) is 31.4 Å². The molecule has 6 rings (SSSR count). The van der Waals surface area contributed by atoms with E-state index in [0.29, 0.717) is 17.8 Å². The lowest BCUT2D eigenvalue weighted by Crippen LogP contribution is -2.50. The van der Waals surface area contributed by atoms with Crippen LogP contribution in [-0.4, -0.2) is 57.3 Å². The van der Waals surface area contributed by atoms with Crippen molar-refractivity contribution in [3.8, 4) is 0 Å². The van der Waals surface area contributed by atoms with Crippen LogP contribution in [0.3, 0.4) is 0 Å². The molecule has 2 saturated heterocycles. The molecule has 220 valence electrons. The van der Waals surface area contributed by atoms with Crippen LogP contribution < -0.4 is 16.5 Å². The van der Waals surface area contributed by atoms with Crippen molar-refractivity contribution in [2.45, 2.75) is 88.9 Å². The lowest BCUT2D eigenvalue weighted by molar-refractivity contribution is -0.136. The summed E-state index contributed by atoms with van der Waals surface area (Å²) < 4.78 is 59.3. The molecular formula is C28H38F4N6O2. The van der Waals surface area contributed by atoms with Crippen LogP contribution in [0, 0.1) is 17.8 Å². The van der Waals surface area contributed by atoms with Crippen molar-refractivity contribution in [3.63, 3.8) is 0 Å². The third kappa shape index (κ3) is 4.75. The van der Waals surface area contributed by atoms with Gasteiger partial charge in [-0.2, -0.15) is 13.2 Å². The second-order valence-electron chi connectivity index (χ2n) is 12.3. The minimum Gasteiger partial charge on any atom is -0.333 e. The monoisotopic (exact) mass is 566 g/mol. The highest BCUT2D eigenvalue weighted by Crippen LogP contribution is 2.47. The molecule has 8 nitrogen and oxygen atoms in total. The number of rotatable bonds is 6. The molecule has 4 heterocycles. The highest BCUT2D eigenvalue weighted by Gasteiger charge is 2.44. The molecule has 2 aliphatic heterocycles. The fourth-order valence-corrected chi connectivity index (χ4v) is 7.58. The predicted molar refractivity (Wildman–Crippen MR) is 141 cm³/mol. The van der Waals surface area contributed by atoms with Crippen molar-refractivity contribution < 1.29 is 22.4 Å². The zero-order valence-electron chi connectivity index (χ0n) is 23.0. The molecule has 2 saturated carbocycles. The van der Waals surface area contributed by atoms with E-state index in [2.05, 4.69) is 22.8 Å². The molecule has 0 spiro atoms. The molecule has 2 aromatic heterocycles. The number of hydrazine groups is 1. The maximum atomic E-state index is 14.3. The van der Waals surface area contributed by atoms with Gasteiger partial charge in [0.1, 0.15) is 0 Å². The summed E-state index contributed by atoms with van der Waals surface area (Å²) in [5.74, 6) is 0.635. The molecule has 0 radical (unpaired) electrons. The van der Waals surface area contributed by atoms with Crippen molar-refractivity contribution in [1.29, 1.82) is 0 Å². The zero-order chi connectivity index (χ0) is 28.3.